The van der Waals surface area contributed by atoms with E-state index in [4.69, 9.17) is 0 Å². The molecule has 2 aromatic carbocycles. The quantitative estimate of drug-likeness (QED) is 0.665. The van der Waals surface area contributed by atoms with Gasteiger partial charge in [-0.1, -0.05) is 37.3 Å². The maximum Gasteiger partial charge on any atom is 0.267 e. The van der Waals surface area contributed by atoms with Gasteiger partial charge in [0.2, 0.25) is 5.91 Å². The molecule has 0 aliphatic heterocycles. The summed E-state index contributed by atoms with van der Waals surface area (Å²) >= 11 is 1.25. The van der Waals surface area contributed by atoms with Gasteiger partial charge in [0, 0.05) is 11.4 Å². The third-order valence-corrected chi connectivity index (χ3v) is 5.19. The Kier molecular flexibility index (Phi) is 5.98. The molecule has 3 rings (SSSR count). The second kappa shape index (κ2) is 8.60. The first kappa shape index (κ1) is 18.8. The van der Waals surface area contributed by atoms with Crippen LogP contribution in [0.15, 0.2) is 54.6 Å². The zero-order valence-electron chi connectivity index (χ0n) is 15.3. The van der Waals surface area contributed by atoms with E-state index < -0.39 is 0 Å². The Hall–Kier alpha value is -2.99. The maximum absolute atomic E-state index is 12.4. The zero-order valence-corrected chi connectivity index (χ0v) is 16.1. The standard InChI is InChI=1S/C21H21N3O2S/c1-3-15-9-11-17(12-10-15)23-18(25)13-19-22-14(2)20(27-19)21(26)24-16-7-5-4-6-8-16/h4-12H,3,13H2,1-2H3,(H,23,25)(H,24,26). The van der Waals surface area contributed by atoms with Crippen molar-refractivity contribution in [1.82, 2.24) is 4.98 Å². The van der Waals surface area contributed by atoms with Crippen molar-refractivity contribution >= 4 is 34.5 Å². The predicted octanol–water partition coefficient (Wildman–Crippen LogP) is 4.45. The number of nitrogens with zero attached hydrogens (tertiary/aromatic N) is 1. The molecule has 0 atom stereocenters. The Balaban J connectivity index is 1.63. The molecule has 2 N–H and O–H groups in total. The van der Waals surface area contributed by atoms with E-state index in [9.17, 15) is 9.59 Å². The van der Waals surface area contributed by atoms with Gasteiger partial charge in [-0.05, 0) is 43.2 Å². The molecule has 0 saturated carbocycles. The fraction of sp³-hybridized carbons (Fsp3) is 0.190. The minimum absolute atomic E-state index is 0.139. The first-order valence-electron chi connectivity index (χ1n) is 8.76. The summed E-state index contributed by atoms with van der Waals surface area (Å²) in [5.74, 6) is -0.360. The number of carbonyl (C=O) groups excluding carboxylic acids is 2. The Morgan fingerprint density at radius 3 is 2.30 bits per heavy atom. The van der Waals surface area contributed by atoms with E-state index in [0.29, 0.717) is 15.6 Å². The molecular weight excluding hydrogens is 358 g/mol. The molecule has 1 aromatic heterocycles. The minimum atomic E-state index is -0.210. The van der Waals surface area contributed by atoms with Crippen LogP contribution in [-0.2, 0) is 17.6 Å². The third kappa shape index (κ3) is 5.01. The highest BCUT2D eigenvalue weighted by Gasteiger charge is 2.17. The number of thiazole rings is 1. The molecule has 1 heterocycles. The van der Waals surface area contributed by atoms with Crippen molar-refractivity contribution < 1.29 is 9.59 Å². The Morgan fingerprint density at radius 1 is 0.963 bits per heavy atom. The van der Waals surface area contributed by atoms with Gasteiger partial charge in [-0.3, -0.25) is 9.59 Å². The van der Waals surface area contributed by atoms with Crippen LogP contribution in [0.4, 0.5) is 11.4 Å². The van der Waals surface area contributed by atoms with E-state index in [0.717, 1.165) is 17.8 Å². The lowest BCUT2D eigenvalue weighted by Crippen LogP contribution is -2.14. The van der Waals surface area contributed by atoms with Gasteiger partial charge in [-0.25, -0.2) is 4.98 Å². The van der Waals surface area contributed by atoms with Gasteiger partial charge < -0.3 is 10.6 Å². The van der Waals surface area contributed by atoms with E-state index >= 15 is 0 Å². The van der Waals surface area contributed by atoms with Crippen molar-refractivity contribution in [3.8, 4) is 0 Å². The van der Waals surface area contributed by atoms with Gasteiger partial charge in [-0.2, -0.15) is 0 Å². The molecule has 3 aromatic rings. The number of benzene rings is 2. The van der Waals surface area contributed by atoms with Crippen LogP contribution < -0.4 is 10.6 Å². The maximum atomic E-state index is 12.4. The molecule has 0 aliphatic rings. The number of carbonyl (C=O) groups is 2. The molecule has 0 saturated heterocycles. The summed E-state index contributed by atoms with van der Waals surface area (Å²) in [5.41, 5.74) is 3.33. The molecule has 0 aliphatic carbocycles. The third-order valence-electron chi connectivity index (χ3n) is 4.04. The molecule has 6 heteroatoms. The van der Waals surface area contributed by atoms with Gasteiger partial charge in [0.1, 0.15) is 9.88 Å². The van der Waals surface area contributed by atoms with Gasteiger partial charge in [-0.15, -0.1) is 11.3 Å². The van der Waals surface area contributed by atoms with Crippen molar-refractivity contribution in [3.05, 3.63) is 75.7 Å². The van der Waals surface area contributed by atoms with Crippen LogP contribution in [0.25, 0.3) is 0 Å². The topological polar surface area (TPSA) is 71.1 Å². The fourth-order valence-electron chi connectivity index (χ4n) is 2.61. The van der Waals surface area contributed by atoms with Gasteiger partial charge in [0.05, 0.1) is 12.1 Å². The molecule has 0 radical (unpaired) electrons. The van der Waals surface area contributed by atoms with Crippen molar-refractivity contribution in [2.75, 3.05) is 10.6 Å². The molecular formula is C21H21N3O2S. The van der Waals surface area contributed by atoms with Crippen LogP contribution >= 0.6 is 11.3 Å². The first-order valence-corrected chi connectivity index (χ1v) is 9.58. The molecule has 0 unspecified atom stereocenters. The van der Waals surface area contributed by atoms with Gasteiger partial charge in [0.15, 0.2) is 0 Å². The SMILES string of the molecule is CCc1ccc(NC(=O)Cc2nc(C)c(C(=O)Nc3ccccc3)s2)cc1. The average molecular weight is 379 g/mol. The van der Waals surface area contributed by atoms with E-state index in [2.05, 4.69) is 22.5 Å². The van der Waals surface area contributed by atoms with Crippen LogP contribution in [-0.4, -0.2) is 16.8 Å². The summed E-state index contributed by atoms with van der Waals surface area (Å²) in [5, 5.41) is 6.33. The van der Waals surface area contributed by atoms with Crippen LogP contribution in [0, 0.1) is 6.92 Å². The first-order chi connectivity index (χ1) is 13.0. The van der Waals surface area contributed by atoms with Crippen LogP contribution in [0.2, 0.25) is 0 Å². The average Bonchev–Trinajstić information content (AvgIpc) is 3.03. The lowest BCUT2D eigenvalue weighted by atomic mass is 10.1. The summed E-state index contributed by atoms with van der Waals surface area (Å²) in [6.07, 6.45) is 1.10. The number of anilines is 2. The second-order valence-corrected chi connectivity index (χ2v) is 7.20. The molecule has 0 spiro atoms. The number of aryl methyl sites for hydroxylation is 2. The van der Waals surface area contributed by atoms with E-state index in [-0.39, 0.29) is 18.2 Å². The van der Waals surface area contributed by atoms with E-state index in [1.54, 1.807) is 6.92 Å². The van der Waals surface area contributed by atoms with Gasteiger partial charge >= 0.3 is 0 Å². The van der Waals surface area contributed by atoms with Gasteiger partial charge in [0.25, 0.3) is 5.91 Å². The summed E-state index contributed by atoms with van der Waals surface area (Å²) in [7, 11) is 0. The number of nitrogens with one attached hydrogen (secondary N) is 2. The summed E-state index contributed by atoms with van der Waals surface area (Å²) in [4.78, 5) is 29.6. The van der Waals surface area contributed by atoms with Crippen molar-refractivity contribution in [1.29, 1.82) is 0 Å². The minimum Gasteiger partial charge on any atom is -0.326 e. The monoisotopic (exact) mass is 379 g/mol. The highest BCUT2D eigenvalue weighted by Crippen LogP contribution is 2.21. The second-order valence-electron chi connectivity index (χ2n) is 6.12. The number of rotatable bonds is 6. The molecule has 5 nitrogen and oxygen atoms in total. The normalized spacial score (nSPS) is 10.4. The van der Waals surface area contributed by atoms with Crippen molar-refractivity contribution in [3.63, 3.8) is 0 Å². The van der Waals surface area contributed by atoms with Crippen LogP contribution in [0.1, 0.15) is 32.9 Å². The summed E-state index contributed by atoms with van der Waals surface area (Å²) < 4.78 is 0. The van der Waals surface area contributed by atoms with Crippen LogP contribution in [0.3, 0.4) is 0 Å². The fourth-order valence-corrected chi connectivity index (χ4v) is 3.57. The predicted molar refractivity (Wildman–Crippen MR) is 109 cm³/mol. The number of amides is 2. The highest BCUT2D eigenvalue weighted by molar-refractivity contribution is 7.14. The molecule has 27 heavy (non-hydrogen) atoms. The number of aromatic nitrogens is 1. The van der Waals surface area contributed by atoms with Crippen molar-refractivity contribution in [2.24, 2.45) is 0 Å². The lowest BCUT2D eigenvalue weighted by Gasteiger charge is -2.05. The number of hydrogen-bond acceptors (Lipinski definition) is 4. The van der Waals surface area contributed by atoms with Crippen molar-refractivity contribution in [2.45, 2.75) is 26.7 Å². The molecule has 0 bridgehead atoms. The summed E-state index contributed by atoms with van der Waals surface area (Å²) in [6, 6.07) is 17.0. The molecule has 138 valence electrons. The Morgan fingerprint density at radius 2 is 1.63 bits per heavy atom. The lowest BCUT2D eigenvalue weighted by molar-refractivity contribution is -0.115. The van der Waals surface area contributed by atoms with Crippen LogP contribution in [0.5, 0.6) is 0 Å². The molecule has 2 amide bonds. The smallest absolute Gasteiger partial charge is 0.267 e. The highest BCUT2D eigenvalue weighted by atomic mass is 32.1. The summed E-state index contributed by atoms with van der Waals surface area (Å²) in [6.45, 7) is 3.87. The Bertz CT molecular complexity index is 934. The van der Waals surface area contributed by atoms with E-state index in [1.807, 2.05) is 54.6 Å². The zero-order chi connectivity index (χ0) is 19.2. The Labute approximate surface area is 162 Å². The van der Waals surface area contributed by atoms with E-state index in [1.165, 1.54) is 16.9 Å². The number of hydrogen-bond donors (Lipinski definition) is 2. The molecule has 0 fully saturated rings. The number of para-hydroxylation sites is 1. The largest absolute Gasteiger partial charge is 0.326 e.